The number of nitrogens with two attached hydrogens (primary N) is 1. The van der Waals surface area contributed by atoms with Crippen molar-refractivity contribution >= 4 is 27.5 Å². The summed E-state index contributed by atoms with van der Waals surface area (Å²) in [5, 5.41) is 18.4. The molecule has 108 valence electrons. The van der Waals surface area contributed by atoms with Gasteiger partial charge in [0, 0.05) is 10.5 Å². The highest BCUT2D eigenvalue weighted by Gasteiger charge is 2.13. The predicted molar refractivity (Wildman–Crippen MR) is 83.1 cm³/mol. The number of amidine groups is 1. The molecule has 0 saturated carbocycles. The zero-order chi connectivity index (χ0) is 15.6. The van der Waals surface area contributed by atoms with Crippen LogP contribution in [0.25, 0.3) is 0 Å². The maximum Gasteiger partial charge on any atom is 0.273 e. The summed E-state index contributed by atoms with van der Waals surface area (Å²) in [6.07, 6.45) is 0. The van der Waals surface area contributed by atoms with Crippen molar-refractivity contribution in [3.63, 3.8) is 0 Å². The molecule has 0 spiro atoms. The third-order valence-corrected chi connectivity index (χ3v) is 3.33. The fourth-order valence-corrected chi connectivity index (χ4v) is 2.07. The number of nitro groups is 1. The molecule has 0 amide bonds. The highest BCUT2D eigenvalue weighted by atomic mass is 79.9. The Bertz CT molecular complexity index is 731. The first kappa shape index (κ1) is 15.0. The summed E-state index contributed by atoms with van der Waals surface area (Å²) in [6, 6.07) is 9.42. The van der Waals surface area contributed by atoms with Crippen LogP contribution >= 0.6 is 15.9 Å². The highest BCUT2D eigenvalue weighted by molar-refractivity contribution is 9.10. The molecule has 0 fully saturated rings. The lowest BCUT2D eigenvalue weighted by atomic mass is 10.1. The third-order valence-electron chi connectivity index (χ3n) is 2.84. The number of nitrogens with zero attached hydrogens (tertiary/aromatic N) is 1. The molecule has 2 rings (SSSR count). The molecule has 0 aromatic heterocycles. The molecule has 0 radical (unpaired) electrons. The Kier molecular flexibility index (Phi) is 4.23. The largest absolute Gasteiger partial charge is 0.456 e. The van der Waals surface area contributed by atoms with E-state index in [0.29, 0.717) is 17.1 Å². The molecule has 0 heterocycles. The fraction of sp³-hybridized carbons (Fsp3) is 0.0714. The number of benzene rings is 2. The Morgan fingerprint density at radius 3 is 2.62 bits per heavy atom. The van der Waals surface area contributed by atoms with Crippen molar-refractivity contribution in [3.05, 3.63) is 62.1 Å². The van der Waals surface area contributed by atoms with Gasteiger partial charge in [0.15, 0.2) is 0 Å². The summed E-state index contributed by atoms with van der Waals surface area (Å²) in [4.78, 5) is 10.3. The van der Waals surface area contributed by atoms with Gasteiger partial charge in [-0.3, -0.25) is 15.5 Å². The lowest BCUT2D eigenvalue weighted by Gasteiger charge is -2.12. The van der Waals surface area contributed by atoms with Gasteiger partial charge in [-0.25, -0.2) is 0 Å². The van der Waals surface area contributed by atoms with E-state index in [-0.39, 0.29) is 11.5 Å². The summed E-state index contributed by atoms with van der Waals surface area (Å²) in [5.74, 6) is 0.575. The Morgan fingerprint density at radius 1 is 1.29 bits per heavy atom. The van der Waals surface area contributed by atoms with Crippen molar-refractivity contribution in [2.45, 2.75) is 6.92 Å². The number of hydrogen-bond donors (Lipinski definition) is 2. The molecule has 3 N–H and O–H groups in total. The summed E-state index contributed by atoms with van der Waals surface area (Å²) in [7, 11) is 0. The molecule has 0 aliphatic carbocycles. The van der Waals surface area contributed by atoms with E-state index in [0.717, 1.165) is 10.0 Å². The smallest absolute Gasteiger partial charge is 0.273 e. The van der Waals surface area contributed by atoms with Gasteiger partial charge in [0.25, 0.3) is 5.69 Å². The number of hydrogen-bond acceptors (Lipinski definition) is 4. The molecule has 2 aromatic carbocycles. The predicted octanol–water partition coefficient (Wildman–Crippen LogP) is 3.74. The minimum atomic E-state index is -0.487. The molecule has 2 aromatic rings. The second-order valence-corrected chi connectivity index (χ2v) is 5.28. The summed E-state index contributed by atoms with van der Waals surface area (Å²) in [6.45, 7) is 1.78. The van der Waals surface area contributed by atoms with Gasteiger partial charge in [-0.2, -0.15) is 0 Å². The van der Waals surface area contributed by atoms with Gasteiger partial charge in [0.2, 0.25) is 0 Å². The van der Waals surface area contributed by atoms with Crippen LogP contribution in [0.4, 0.5) is 5.69 Å². The number of nitrogens with one attached hydrogen (secondary N) is 1. The number of aryl methyl sites for hydroxylation is 1. The van der Waals surface area contributed by atoms with E-state index in [1.807, 2.05) is 0 Å². The van der Waals surface area contributed by atoms with Crippen molar-refractivity contribution in [1.29, 1.82) is 5.41 Å². The lowest BCUT2D eigenvalue weighted by Crippen LogP contribution is -2.12. The van der Waals surface area contributed by atoms with Crippen molar-refractivity contribution < 1.29 is 9.66 Å². The molecule has 21 heavy (non-hydrogen) atoms. The van der Waals surface area contributed by atoms with E-state index in [1.165, 1.54) is 12.1 Å². The van der Waals surface area contributed by atoms with Crippen molar-refractivity contribution in [3.8, 4) is 11.5 Å². The minimum absolute atomic E-state index is 0.0602. The molecular formula is C14H12BrN3O3. The van der Waals surface area contributed by atoms with Crippen molar-refractivity contribution in [1.82, 2.24) is 0 Å². The van der Waals surface area contributed by atoms with Crippen molar-refractivity contribution in [2.75, 3.05) is 0 Å². The van der Waals surface area contributed by atoms with Gasteiger partial charge in [-0.1, -0.05) is 15.9 Å². The summed E-state index contributed by atoms with van der Waals surface area (Å²) >= 11 is 3.32. The Hall–Kier alpha value is -2.41. The monoisotopic (exact) mass is 349 g/mol. The van der Waals surface area contributed by atoms with Gasteiger partial charge in [-0.05, 0) is 36.8 Å². The zero-order valence-corrected chi connectivity index (χ0v) is 12.7. The van der Waals surface area contributed by atoms with Crippen LogP contribution in [0.2, 0.25) is 0 Å². The second kappa shape index (κ2) is 5.92. The standard InChI is InChI=1S/C14H12BrN3O3/c1-8-2-4-10(18(19)20)7-12(8)21-13-6-9(15)3-5-11(13)14(16)17/h2-7H,1H3,(H3,16,17). The molecular weight excluding hydrogens is 338 g/mol. The molecule has 0 saturated heterocycles. The second-order valence-electron chi connectivity index (χ2n) is 4.36. The highest BCUT2D eigenvalue weighted by Crippen LogP contribution is 2.32. The quantitative estimate of drug-likeness (QED) is 0.379. The van der Waals surface area contributed by atoms with Crippen LogP contribution in [0.3, 0.4) is 0 Å². The molecule has 0 unspecified atom stereocenters. The van der Waals surface area contributed by atoms with Crippen LogP contribution in [0.1, 0.15) is 11.1 Å². The average Bonchev–Trinajstić information content (AvgIpc) is 2.40. The van der Waals surface area contributed by atoms with E-state index in [1.54, 1.807) is 31.2 Å². The third kappa shape index (κ3) is 3.38. The van der Waals surface area contributed by atoms with E-state index in [4.69, 9.17) is 15.9 Å². The first-order chi connectivity index (χ1) is 9.88. The minimum Gasteiger partial charge on any atom is -0.456 e. The normalized spacial score (nSPS) is 10.2. The number of rotatable bonds is 4. The molecule has 7 heteroatoms. The SMILES string of the molecule is Cc1ccc([N+](=O)[O-])cc1Oc1cc(Br)ccc1C(=N)N. The van der Waals surface area contributed by atoms with E-state index >= 15 is 0 Å². The molecule has 0 atom stereocenters. The van der Waals surface area contributed by atoms with Gasteiger partial charge in [0.05, 0.1) is 16.6 Å². The van der Waals surface area contributed by atoms with Gasteiger partial charge in [0.1, 0.15) is 17.3 Å². The van der Waals surface area contributed by atoms with Crippen molar-refractivity contribution in [2.24, 2.45) is 5.73 Å². The first-order valence-corrected chi connectivity index (χ1v) is 6.74. The van der Waals surface area contributed by atoms with Crippen LogP contribution in [-0.2, 0) is 0 Å². The maximum absolute atomic E-state index is 10.8. The molecule has 0 bridgehead atoms. The maximum atomic E-state index is 10.8. The molecule has 0 aliphatic rings. The molecule has 0 aliphatic heterocycles. The van der Waals surface area contributed by atoms with E-state index < -0.39 is 4.92 Å². The number of nitro benzene ring substituents is 1. The number of non-ortho nitro benzene ring substituents is 1. The fourth-order valence-electron chi connectivity index (χ4n) is 1.73. The average molecular weight is 350 g/mol. The van der Waals surface area contributed by atoms with E-state index in [9.17, 15) is 10.1 Å². The van der Waals surface area contributed by atoms with Crippen LogP contribution in [0.5, 0.6) is 11.5 Å². The Balaban J connectivity index is 2.47. The van der Waals surface area contributed by atoms with Gasteiger partial charge < -0.3 is 10.5 Å². The summed E-state index contributed by atoms with van der Waals surface area (Å²) < 4.78 is 6.47. The topological polar surface area (TPSA) is 102 Å². The van der Waals surface area contributed by atoms with Crippen LogP contribution in [-0.4, -0.2) is 10.8 Å². The Labute approximate surface area is 129 Å². The number of halogens is 1. The summed E-state index contributed by atoms with van der Waals surface area (Å²) in [5.41, 5.74) is 6.62. The van der Waals surface area contributed by atoms with Crippen LogP contribution < -0.4 is 10.5 Å². The van der Waals surface area contributed by atoms with E-state index in [2.05, 4.69) is 15.9 Å². The van der Waals surface area contributed by atoms with Crippen LogP contribution in [0.15, 0.2) is 40.9 Å². The van der Waals surface area contributed by atoms with Gasteiger partial charge >= 0.3 is 0 Å². The first-order valence-electron chi connectivity index (χ1n) is 5.95. The number of ether oxygens (including phenoxy) is 1. The zero-order valence-electron chi connectivity index (χ0n) is 11.1. The van der Waals surface area contributed by atoms with Gasteiger partial charge in [-0.15, -0.1) is 0 Å². The number of nitrogen functional groups attached to an aromatic ring is 1. The molecule has 6 nitrogen and oxygen atoms in total. The lowest BCUT2D eigenvalue weighted by molar-refractivity contribution is -0.384. The van der Waals surface area contributed by atoms with Crippen LogP contribution in [0, 0.1) is 22.4 Å². The Morgan fingerprint density at radius 2 is 2.00 bits per heavy atom.